The minimum Gasteiger partial charge on any atom is -0.489 e. The van der Waals surface area contributed by atoms with Crippen molar-refractivity contribution in [1.82, 2.24) is 0 Å². The number of hydrogen-bond acceptors (Lipinski definition) is 3. The Bertz CT molecular complexity index is 611. The van der Waals surface area contributed by atoms with Crippen molar-refractivity contribution < 1.29 is 14.3 Å². The van der Waals surface area contributed by atoms with E-state index in [1.165, 1.54) is 7.11 Å². The van der Waals surface area contributed by atoms with E-state index in [9.17, 15) is 4.79 Å². The van der Waals surface area contributed by atoms with E-state index < -0.39 is 0 Å². The maximum absolute atomic E-state index is 11.2. The minimum atomic E-state index is -0.306. The molecule has 0 aliphatic rings. The molecule has 0 radical (unpaired) electrons. The van der Waals surface area contributed by atoms with Crippen LogP contribution in [0.3, 0.4) is 0 Å². The number of methoxy groups -OCH3 is 1. The van der Waals surface area contributed by atoms with Crippen molar-refractivity contribution >= 4 is 17.6 Å². The van der Waals surface area contributed by atoms with Crippen molar-refractivity contribution in [3.63, 3.8) is 0 Å². The SMILES string of the molecule is COC(=O)CC(C)Oc1ccc(-c2ccccc2)cc1Cl. The number of carbonyl (C=O) groups is 1. The van der Waals surface area contributed by atoms with E-state index in [4.69, 9.17) is 16.3 Å². The van der Waals surface area contributed by atoms with Crippen LogP contribution in [0.15, 0.2) is 48.5 Å². The molecule has 1 atom stereocenters. The number of ether oxygens (including phenoxy) is 2. The molecular weight excluding hydrogens is 288 g/mol. The lowest BCUT2D eigenvalue weighted by Gasteiger charge is -2.15. The van der Waals surface area contributed by atoms with Crippen LogP contribution in [0.5, 0.6) is 5.75 Å². The van der Waals surface area contributed by atoms with Gasteiger partial charge in [-0.15, -0.1) is 0 Å². The van der Waals surface area contributed by atoms with Crippen molar-refractivity contribution in [3.8, 4) is 16.9 Å². The number of benzene rings is 2. The quantitative estimate of drug-likeness (QED) is 0.771. The van der Waals surface area contributed by atoms with Gasteiger partial charge in [-0.05, 0) is 30.2 Å². The molecule has 0 saturated heterocycles. The Morgan fingerprint density at radius 1 is 1.14 bits per heavy atom. The van der Waals surface area contributed by atoms with Crippen LogP contribution in [0.2, 0.25) is 5.02 Å². The van der Waals surface area contributed by atoms with Gasteiger partial charge >= 0.3 is 5.97 Å². The third-order valence-electron chi connectivity index (χ3n) is 3.05. The third kappa shape index (κ3) is 4.23. The van der Waals surface area contributed by atoms with Gasteiger partial charge in [0.1, 0.15) is 11.9 Å². The van der Waals surface area contributed by atoms with Gasteiger partial charge in [-0.3, -0.25) is 4.79 Å². The van der Waals surface area contributed by atoms with E-state index in [2.05, 4.69) is 4.74 Å². The maximum atomic E-state index is 11.2. The van der Waals surface area contributed by atoms with Gasteiger partial charge < -0.3 is 9.47 Å². The summed E-state index contributed by atoms with van der Waals surface area (Å²) in [5.41, 5.74) is 2.11. The zero-order valence-electron chi connectivity index (χ0n) is 12.0. The van der Waals surface area contributed by atoms with Gasteiger partial charge in [0.05, 0.1) is 18.6 Å². The monoisotopic (exact) mass is 304 g/mol. The lowest BCUT2D eigenvalue weighted by molar-refractivity contribution is -0.142. The molecule has 110 valence electrons. The van der Waals surface area contributed by atoms with Crippen LogP contribution >= 0.6 is 11.6 Å². The number of rotatable bonds is 5. The van der Waals surface area contributed by atoms with Gasteiger partial charge in [0.25, 0.3) is 0 Å². The Kier molecular flexibility index (Phi) is 5.23. The molecular formula is C17H17ClO3. The lowest BCUT2D eigenvalue weighted by Crippen LogP contribution is -2.18. The summed E-state index contributed by atoms with van der Waals surface area (Å²) < 4.78 is 10.3. The molecule has 2 aromatic carbocycles. The molecule has 0 aliphatic carbocycles. The predicted molar refractivity (Wildman–Crippen MR) is 83.6 cm³/mol. The number of esters is 1. The Morgan fingerprint density at radius 2 is 1.86 bits per heavy atom. The highest BCUT2D eigenvalue weighted by atomic mass is 35.5. The molecule has 0 N–H and O–H groups in total. The molecule has 21 heavy (non-hydrogen) atoms. The number of halogens is 1. The van der Waals surface area contributed by atoms with Crippen molar-refractivity contribution in [3.05, 3.63) is 53.6 Å². The Hall–Kier alpha value is -2.00. The van der Waals surface area contributed by atoms with E-state index in [0.717, 1.165) is 11.1 Å². The van der Waals surface area contributed by atoms with E-state index >= 15 is 0 Å². The molecule has 2 rings (SSSR count). The summed E-state index contributed by atoms with van der Waals surface area (Å²) in [5.74, 6) is 0.257. The first kappa shape index (κ1) is 15.4. The molecule has 0 aliphatic heterocycles. The van der Waals surface area contributed by atoms with E-state index in [-0.39, 0.29) is 18.5 Å². The summed E-state index contributed by atoms with van der Waals surface area (Å²) in [6, 6.07) is 15.6. The molecule has 0 saturated carbocycles. The summed E-state index contributed by atoms with van der Waals surface area (Å²) in [6.45, 7) is 1.80. The van der Waals surface area contributed by atoms with Crippen molar-refractivity contribution in [1.29, 1.82) is 0 Å². The highest BCUT2D eigenvalue weighted by molar-refractivity contribution is 6.32. The van der Waals surface area contributed by atoms with Crippen LogP contribution in [0, 0.1) is 0 Å². The summed E-state index contributed by atoms with van der Waals surface area (Å²) >= 11 is 6.25. The Labute approximate surface area is 129 Å². The van der Waals surface area contributed by atoms with Crippen LogP contribution < -0.4 is 4.74 Å². The second kappa shape index (κ2) is 7.14. The van der Waals surface area contributed by atoms with Crippen LogP contribution in [-0.4, -0.2) is 19.2 Å². The predicted octanol–water partition coefficient (Wildman–Crippen LogP) is 4.34. The smallest absolute Gasteiger partial charge is 0.309 e. The van der Waals surface area contributed by atoms with Gasteiger partial charge in [0, 0.05) is 0 Å². The number of carbonyl (C=O) groups excluding carboxylic acids is 1. The van der Waals surface area contributed by atoms with Crippen molar-refractivity contribution in [2.24, 2.45) is 0 Å². The molecule has 0 heterocycles. The van der Waals surface area contributed by atoms with Crippen LogP contribution in [0.4, 0.5) is 0 Å². The van der Waals surface area contributed by atoms with Gasteiger partial charge in [0.2, 0.25) is 0 Å². The van der Waals surface area contributed by atoms with Crippen LogP contribution in [0.1, 0.15) is 13.3 Å². The fourth-order valence-corrected chi connectivity index (χ4v) is 2.21. The number of hydrogen-bond donors (Lipinski definition) is 0. The van der Waals surface area contributed by atoms with Crippen molar-refractivity contribution in [2.45, 2.75) is 19.4 Å². The zero-order valence-corrected chi connectivity index (χ0v) is 12.8. The lowest BCUT2D eigenvalue weighted by atomic mass is 10.1. The van der Waals surface area contributed by atoms with E-state index in [0.29, 0.717) is 10.8 Å². The highest BCUT2D eigenvalue weighted by Gasteiger charge is 2.13. The third-order valence-corrected chi connectivity index (χ3v) is 3.34. The molecule has 4 heteroatoms. The summed E-state index contributed by atoms with van der Waals surface area (Å²) in [6.07, 6.45) is -0.106. The summed E-state index contributed by atoms with van der Waals surface area (Å²) in [5, 5.41) is 0.521. The standard InChI is InChI=1S/C17H17ClO3/c1-12(10-17(19)20-2)21-16-9-8-14(11-15(16)18)13-6-4-3-5-7-13/h3-9,11-12H,10H2,1-2H3. The normalized spacial score (nSPS) is 11.8. The average molecular weight is 305 g/mol. The van der Waals surface area contributed by atoms with Crippen LogP contribution in [0.25, 0.3) is 11.1 Å². The molecule has 0 fully saturated rings. The van der Waals surface area contributed by atoms with Crippen molar-refractivity contribution in [2.75, 3.05) is 7.11 Å². The average Bonchev–Trinajstić information content (AvgIpc) is 2.50. The molecule has 0 spiro atoms. The van der Waals surface area contributed by atoms with Gasteiger partial charge in [-0.2, -0.15) is 0 Å². The topological polar surface area (TPSA) is 35.5 Å². The maximum Gasteiger partial charge on any atom is 0.309 e. The first-order valence-electron chi connectivity index (χ1n) is 6.68. The van der Waals surface area contributed by atoms with Gasteiger partial charge in [0.15, 0.2) is 0 Å². The van der Waals surface area contributed by atoms with Crippen LogP contribution in [-0.2, 0) is 9.53 Å². The second-order valence-corrected chi connectivity index (χ2v) is 5.13. The summed E-state index contributed by atoms with van der Waals surface area (Å²) in [7, 11) is 1.36. The molecule has 1 unspecified atom stereocenters. The van der Waals surface area contributed by atoms with E-state index in [1.54, 1.807) is 6.92 Å². The van der Waals surface area contributed by atoms with Gasteiger partial charge in [-0.1, -0.05) is 48.0 Å². The largest absolute Gasteiger partial charge is 0.489 e. The summed E-state index contributed by atoms with van der Waals surface area (Å²) in [4.78, 5) is 11.2. The Morgan fingerprint density at radius 3 is 2.48 bits per heavy atom. The molecule has 0 amide bonds. The Balaban J connectivity index is 2.11. The second-order valence-electron chi connectivity index (χ2n) is 4.72. The fourth-order valence-electron chi connectivity index (χ4n) is 1.98. The highest BCUT2D eigenvalue weighted by Crippen LogP contribution is 2.31. The fraction of sp³-hybridized carbons (Fsp3) is 0.235. The molecule has 3 nitrogen and oxygen atoms in total. The molecule has 0 aromatic heterocycles. The van der Waals surface area contributed by atoms with Gasteiger partial charge in [-0.25, -0.2) is 0 Å². The zero-order chi connectivity index (χ0) is 15.2. The van der Waals surface area contributed by atoms with E-state index in [1.807, 2.05) is 48.5 Å². The minimum absolute atomic E-state index is 0.188. The molecule has 0 bridgehead atoms. The first-order chi connectivity index (χ1) is 10.1. The molecule has 2 aromatic rings. The first-order valence-corrected chi connectivity index (χ1v) is 7.06.